The summed E-state index contributed by atoms with van der Waals surface area (Å²) in [6, 6.07) is 0. The summed E-state index contributed by atoms with van der Waals surface area (Å²) in [6.07, 6.45) is 2.23. The first-order valence-corrected chi connectivity index (χ1v) is 5.95. The van der Waals surface area contributed by atoms with Crippen molar-refractivity contribution in [2.75, 3.05) is 20.8 Å². The molecule has 0 saturated carbocycles. The van der Waals surface area contributed by atoms with E-state index in [9.17, 15) is 4.21 Å². The van der Waals surface area contributed by atoms with Gasteiger partial charge in [0.25, 0.3) is 0 Å². The van der Waals surface area contributed by atoms with Gasteiger partial charge >= 0.3 is 0 Å². The first kappa shape index (κ1) is 13.1. The molecule has 0 aromatic carbocycles. The number of hydrogen-bond donors (Lipinski definition) is 1. The van der Waals surface area contributed by atoms with E-state index >= 15 is 0 Å². The van der Waals surface area contributed by atoms with E-state index in [1.54, 1.807) is 14.2 Å². The van der Waals surface area contributed by atoms with Gasteiger partial charge in [0.15, 0.2) is 0 Å². The number of methoxy groups -OCH3 is 1. The third-order valence-corrected chi connectivity index (χ3v) is 3.74. The highest BCUT2D eigenvalue weighted by Gasteiger charge is 2.21. The number of rotatable bonds is 7. The fourth-order valence-electron chi connectivity index (χ4n) is 1.39. The number of ether oxygens (including phenoxy) is 1. The first-order chi connectivity index (χ1) is 6.17. The summed E-state index contributed by atoms with van der Waals surface area (Å²) in [6.45, 7) is 4.83. The van der Waals surface area contributed by atoms with Gasteiger partial charge in [-0.15, -0.1) is 0 Å². The van der Waals surface area contributed by atoms with Gasteiger partial charge in [-0.2, -0.15) is 0 Å². The van der Waals surface area contributed by atoms with Gasteiger partial charge in [0.2, 0.25) is 0 Å². The van der Waals surface area contributed by atoms with Crippen LogP contribution in [0.4, 0.5) is 0 Å². The maximum Gasteiger partial charge on any atom is 0.0970 e. The predicted octanol–water partition coefficient (Wildman–Crippen LogP) is 1.32. The van der Waals surface area contributed by atoms with Crippen LogP contribution in [0.3, 0.4) is 0 Å². The van der Waals surface area contributed by atoms with E-state index in [4.69, 9.17) is 4.74 Å². The highest BCUT2D eigenvalue weighted by atomic mass is 32.2. The summed E-state index contributed by atoms with van der Waals surface area (Å²) >= 11 is 0. The van der Waals surface area contributed by atoms with Crippen molar-refractivity contribution in [2.24, 2.45) is 5.92 Å². The van der Waals surface area contributed by atoms with Crippen molar-refractivity contribution < 1.29 is 8.95 Å². The molecule has 0 saturated heterocycles. The summed E-state index contributed by atoms with van der Waals surface area (Å²) in [4.78, 5) is 0. The SMILES string of the molecule is CCCC(C)C(COC)S(=O)NC. The van der Waals surface area contributed by atoms with Gasteiger partial charge in [0.1, 0.15) is 0 Å². The van der Waals surface area contributed by atoms with E-state index in [0.717, 1.165) is 12.8 Å². The highest BCUT2D eigenvalue weighted by Crippen LogP contribution is 2.15. The van der Waals surface area contributed by atoms with Crippen LogP contribution >= 0.6 is 0 Å². The van der Waals surface area contributed by atoms with Crippen molar-refractivity contribution in [3.05, 3.63) is 0 Å². The van der Waals surface area contributed by atoms with Crippen molar-refractivity contribution in [1.29, 1.82) is 0 Å². The van der Waals surface area contributed by atoms with E-state index in [2.05, 4.69) is 18.6 Å². The third kappa shape index (κ3) is 4.74. The van der Waals surface area contributed by atoms with Gasteiger partial charge in [-0.25, -0.2) is 8.93 Å². The first-order valence-electron chi connectivity index (χ1n) is 4.74. The van der Waals surface area contributed by atoms with Gasteiger partial charge in [0.05, 0.1) is 22.8 Å². The molecule has 0 heterocycles. The minimum absolute atomic E-state index is 0.106. The summed E-state index contributed by atoms with van der Waals surface area (Å²) in [5, 5.41) is 0.106. The molecule has 3 atom stereocenters. The fraction of sp³-hybridized carbons (Fsp3) is 1.00. The normalized spacial score (nSPS) is 18.2. The Balaban J connectivity index is 4.13. The Bertz CT molecular complexity index is 153. The Kier molecular flexibility index (Phi) is 7.51. The van der Waals surface area contributed by atoms with E-state index in [-0.39, 0.29) is 5.25 Å². The van der Waals surface area contributed by atoms with Gasteiger partial charge < -0.3 is 4.74 Å². The molecule has 0 aromatic rings. The fourth-order valence-corrected chi connectivity index (χ4v) is 2.51. The van der Waals surface area contributed by atoms with Crippen molar-refractivity contribution in [3.63, 3.8) is 0 Å². The molecular formula is C9H21NO2S. The molecule has 0 rings (SSSR count). The Morgan fingerprint density at radius 1 is 1.54 bits per heavy atom. The Morgan fingerprint density at radius 2 is 2.15 bits per heavy atom. The van der Waals surface area contributed by atoms with Crippen molar-refractivity contribution in [1.82, 2.24) is 4.72 Å². The molecule has 4 heteroatoms. The molecule has 0 fully saturated rings. The zero-order valence-corrected chi connectivity index (χ0v) is 9.82. The van der Waals surface area contributed by atoms with Crippen LogP contribution in [0.15, 0.2) is 0 Å². The van der Waals surface area contributed by atoms with Gasteiger partial charge in [-0.05, 0) is 19.4 Å². The monoisotopic (exact) mass is 207 g/mol. The average molecular weight is 207 g/mol. The molecule has 0 aliphatic carbocycles. The van der Waals surface area contributed by atoms with Crippen molar-refractivity contribution in [3.8, 4) is 0 Å². The molecule has 13 heavy (non-hydrogen) atoms. The zero-order valence-electron chi connectivity index (χ0n) is 9.00. The molecule has 0 spiro atoms. The third-order valence-electron chi connectivity index (χ3n) is 2.19. The summed E-state index contributed by atoms with van der Waals surface area (Å²) in [7, 11) is 2.40. The smallest absolute Gasteiger partial charge is 0.0970 e. The molecule has 80 valence electrons. The Labute approximate surface area is 83.8 Å². The lowest BCUT2D eigenvalue weighted by molar-refractivity contribution is 0.182. The molecular weight excluding hydrogens is 186 g/mol. The second-order valence-corrected chi connectivity index (χ2v) is 4.87. The van der Waals surface area contributed by atoms with E-state index in [1.807, 2.05) is 0 Å². The number of hydrogen-bond acceptors (Lipinski definition) is 2. The molecule has 0 aliphatic rings. The van der Waals surface area contributed by atoms with Crippen LogP contribution in [-0.2, 0) is 15.7 Å². The zero-order chi connectivity index (χ0) is 10.3. The van der Waals surface area contributed by atoms with E-state index in [0.29, 0.717) is 12.5 Å². The maximum atomic E-state index is 11.5. The van der Waals surface area contributed by atoms with Crippen LogP contribution in [0.1, 0.15) is 26.7 Å². The quantitative estimate of drug-likeness (QED) is 0.684. The van der Waals surface area contributed by atoms with Crippen LogP contribution in [0, 0.1) is 5.92 Å². The van der Waals surface area contributed by atoms with Gasteiger partial charge in [-0.1, -0.05) is 20.3 Å². The lowest BCUT2D eigenvalue weighted by Crippen LogP contribution is -2.34. The highest BCUT2D eigenvalue weighted by molar-refractivity contribution is 7.83. The van der Waals surface area contributed by atoms with Crippen LogP contribution in [0.2, 0.25) is 0 Å². The standard InChI is InChI=1S/C9H21NO2S/c1-5-6-8(2)9(7-12-4)13(11)10-3/h8-10H,5-7H2,1-4H3. The van der Waals surface area contributed by atoms with Gasteiger partial charge in [-0.3, -0.25) is 0 Å². The minimum Gasteiger partial charge on any atom is -0.383 e. The molecule has 0 bridgehead atoms. The van der Waals surface area contributed by atoms with Crippen LogP contribution in [-0.4, -0.2) is 30.2 Å². The van der Waals surface area contributed by atoms with Gasteiger partial charge in [0, 0.05) is 7.11 Å². The van der Waals surface area contributed by atoms with E-state index in [1.165, 1.54) is 0 Å². The van der Waals surface area contributed by atoms with Crippen molar-refractivity contribution in [2.45, 2.75) is 31.9 Å². The Hall–Kier alpha value is 0.0700. The lowest BCUT2D eigenvalue weighted by Gasteiger charge is -2.21. The second-order valence-electron chi connectivity index (χ2n) is 3.26. The molecule has 0 aliphatic heterocycles. The lowest BCUT2D eigenvalue weighted by atomic mass is 10.0. The Morgan fingerprint density at radius 3 is 2.54 bits per heavy atom. The predicted molar refractivity (Wildman–Crippen MR) is 56.9 cm³/mol. The summed E-state index contributed by atoms with van der Waals surface area (Å²) in [5.41, 5.74) is 0. The molecule has 0 amide bonds. The van der Waals surface area contributed by atoms with Crippen LogP contribution in [0.5, 0.6) is 0 Å². The van der Waals surface area contributed by atoms with E-state index < -0.39 is 11.0 Å². The number of nitrogens with one attached hydrogen (secondary N) is 1. The largest absolute Gasteiger partial charge is 0.383 e. The minimum atomic E-state index is -0.971. The topological polar surface area (TPSA) is 38.3 Å². The summed E-state index contributed by atoms with van der Waals surface area (Å²) < 4.78 is 19.4. The molecule has 1 N–H and O–H groups in total. The molecule has 3 nitrogen and oxygen atoms in total. The maximum absolute atomic E-state index is 11.5. The van der Waals surface area contributed by atoms with Crippen LogP contribution < -0.4 is 4.72 Å². The average Bonchev–Trinajstić information content (AvgIpc) is 2.13. The molecule has 0 aromatic heterocycles. The molecule has 0 radical (unpaired) electrons. The van der Waals surface area contributed by atoms with Crippen LogP contribution in [0.25, 0.3) is 0 Å². The summed E-state index contributed by atoms with van der Waals surface area (Å²) in [5.74, 6) is 0.443. The van der Waals surface area contributed by atoms with Crippen molar-refractivity contribution >= 4 is 11.0 Å². The second kappa shape index (κ2) is 7.47. The molecule has 3 unspecified atom stereocenters.